The molecule has 0 bridgehead atoms. The van der Waals surface area contributed by atoms with Gasteiger partial charge in [0.05, 0.1) is 6.61 Å². The molecule has 5 heteroatoms. The molecular weight excluding hydrogens is 268 g/mol. The van der Waals surface area contributed by atoms with Gasteiger partial charge in [0, 0.05) is 6.04 Å². The molecule has 5 nitrogen and oxygen atoms in total. The molecule has 1 amide bonds. The fourth-order valence-corrected chi connectivity index (χ4v) is 1.94. The van der Waals surface area contributed by atoms with E-state index in [4.69, 9.17) is 15.2 Å². The summed E-state index contributed by atoms with van der Waals surface area (Å²) >= 11 is 0. The summed E-state index contributed by atoms with van der Waals surface area (Å²) in [7, 11) is 0. The molecule has 1 aromatic carbocycles. The molecule has 0 radical (unpaired) electrons. The van der Waals surface area contributed by atoms with Gasteiger partial charge in [0.25, 0.3) is 0 Å². The van der Waals surface area contributed by atoms with Crippen molar-refractivity contribution in [1.29, 1.82) is 0 Å². The lowest BCUT2D eigenvalue weighted by Crippen LogP contribution is -2.59. The van der Waals surface area contributed by atoms with E-state index in [2.05, 4.69) is 5.32 Å². The van der Waals surface area contributed by atoms with Crippen LogP contribution in [-0.4, -0.2) is 30.7 Å². The van der Waals surface area contributed by atoms with Gasteiger partial charge < -0.3 is 15.2 Å². The largest absolute Gasteiger partial charge is 0.490 e. The number of nitrogens with two attached hydrogens (primary N) is 1. The number of carbonyl (C=O) groups excluding carboxylic acids is 1. The summed E-state index contributed by atoms with van der Waals surface area (Å²) in [4.78, 5) is 11.7. The molecule has 0 fully saturated rings. The van der Waals surface area contributed by atoms with Crippen molar-refractivity contribution >= 4 is 5.91 Å². The van der Waals surface area contributed by atoms with Gasteiger partial charge in [-0.2, -0.15) is 0 Å². The lowest BCUT2D eigenvalue weighted by molar-refractivity contribution is -0.125. The van der Waals surface area contributed by atoms with E-state index < -0.39 is 11.4 Å². The molecule has 118 valence electrons. The van der Waals surface area contributed by atoms with Gasteiger partial charge in [0.1, 0.15) is 12.1 Å². The predicted molar refractivity (Wildman–Crippen MR) is 83.6 cm³/mol. The van der Waals surface area contributed by atoms with Crippen LogP contribution < -0.4 is 20.5 Å². The standard InChI is InChI=1S/C16H26N2O3/c1-5-10-20-13-8-6-7-9-14(13)21-11-16(4,15(17)19)18-12(2)3/h6-9,12,18H,5,10-11H2,1-4H3,(H2,17,19). The minimum Gasteiger partial charge on any atom is -0.490 e. The van der Waals surface area contributed by atoms with Gasteiger partial charge in [0.15, 0.2) is 11.5 Å². The molecule has 0 spiro atoms. The summed E-state index contributed by atoms with van der Waals surface area (Å²) in [5, 5.41) is 3.15. The molecule has 1 aromatic rings. The molecule has 0 saturated carbocycles. The number of hydrogen-bond acceptors (Lipinski definition) is 4. The third-order valence-electron chi connectivity index (χ3n) is 2.98. The Hall–Kier alpha value is -1.75. The number of nitrogens with one attached hydrogen (secondary N) is 1. The minimum absolute atomic E-state index is 0.123. The van der Waals surface area contributed by atoms with E-state index in [0.717, 1.165) is 6.42 Å². The first kappa shape index (κ1) is 17.3. The monoisotopic (exact) mass is 294 g/mol. The van der Waals surface area contributed by atoms with E-state index in [1.165, 1.54) is 0 Å². The molecule has 0 saturated heterocycles. The van der Waals surface area contributed by atoms with Crippen molar-refractivity contribution in [2.75, 3.05) is 13.2 Å². The van der Waals surface area contributed by atoms with Crippen molar-refractivity contribution in [1.82, 2.24) is 5.32 Å². The molecule has 21 heavy (non-hydrogen) atoms. The number of amides is 1. The molecule has 3 N–H and O–H groups in total. The van der Waals surface area contributed by atoms with Crippen LogP contribution in [0.15, 0.2) is 24.3 Å². The summed E-state index contributed by atoms with van der Waals surface area (Å²) in [6, 6.07) is 7.55. The van der Waals surface area contributed by atoms with Gasteiger partial charge in [-0.05, 0) is 39.3 Å². The molecule has 0 heterocycles. The molecule has 0 aliphatic carbocycles. The van der Waals surface area contributed by atoms with Crippen LogP contribution in [-0.2, 0) is 4.79 Å². The maximum absolute atomic E-state index is 11.7. The lowest BCUT2D eigenvalue weighted by atomic mass is 10.0. The maximum Gasteiger partial charge on any atom is 0.240 e. The summed E-state index contributed by atoms with van der Waals surface area (Å²) in [5.74, 6) is 0.850. The van der Waals surface area contributed by atoms with Crippen LogP contribution in [0.3, 0.4) is 0 Å². The molecule has 0 aliphatic rings. The summed E-state index contributed by atoms with van der Waals surface area (Å²) in [5.41, 5.74) is 4.56. The van der Waals surface area contributed by atoms with Crippen molar-refractivity contribution in [2.45, 2.75) is 45.7 Å². The van der Waals surface area contributed by atoms with E-state index >= 15 is 0 Å². The van der Waals surface area contributed by atoms with Crippen LogP contribution in [0.4, 0.5) is 0 Å². The molecule has 1 unspecified atom stereocenters. The number of carbonyl (C=O) groups is 1. The van der Waals surface area contributed by atoms with Gasteiger partial charge in [0.2, 0.25) is 5.91 Å². The van der Waals surface area contributed by atoms with Gasteiger partial charge >= 0.3 is 0 Å². The molecule has 1 rings (SSSR count). The second-order valence-electron chi connectivity index (χ2n) is 5.58. The van der Waals surface area contributed by atoms with Gasteiger partial charge in [-0.3, -0.25) is 10.1 Å². The molecule has 0 aliphatic heterocycles. The Bertz CT molecular complexity index is 463. The van der Waals surface area contributed by atoms with Crippen molar-refractivity contribution in [2.24, 2.45) is 5.73 Å². The zero-order valence-corrected chi connectivity index (χ0v) is 13.3. The second kappa shape index (κ2) is 7.88. The third-order valence-corrected chi connectivity index (χ3v) is 2.98. The normalized spacial score (nSPS) is 13.8. The smallest absolute Gasteiger partial charge is 0.240 e. The Balaban J connectivity index is 2.78. The lowest BCUT2D eigenvalue weighted by Gasteiger charge is -2.29. The fourth-order valence-electron chi connectivity index (χ4n) is 1.94. The van der Waals surface area contributed by atoms with Crippen LogP contribution in [0.2, 0.25) is 0 Å². The van der Waals surface area contributed by atoms with E-state index in [9.17, 15) is 4.79 Å². The second-order valence-corrected chi connectivity index (χ2v) is 5.58. The third kappa shape index (κ3) is 5.27. The molecular formula is C16H26N2O3. The Kier molecular flexibility index (Phi) is 6.49. The quantitative estimate of drug-likeness (QED) is 0.731. The van der Waals surface area contributed by atoms with Crippen LogP contribution in [0.5, 0.6) is 11.5 Å². The first-order valence-electron chi connectivity index (χ1n) is 7.31. The van der Waals surface area contributed by atoms with Crippen LogP contribution in [0.25, 0.3) is 0 Å². The van der Waals surface area contributed by atoms with Gasteiger partial charge in [-0.25, -0.2) is 0 Å². The average Bonchev–Trinajstić information content (AvgIpc) is 2.43. The highest BCUT2D eigenvalue weighted by atomic mass is 16.5. The van der Waals surface area contributed by atoms with E-state index in [0.29, 0.717) is 18.1 Å². The van der Waals surface area contributed by atoms with Crippen LogP contribution in [0.1, 0.15) is 34.1 Å². The van der Waals surface area contributed by atoms with Crippen molar-refractivity contribution in [3.05, 3.63) is 24.3 Å². The fraction of sp³-hybridized carbons (Fsp3) is 0.562. The topological polar surface area (TPSA) is 73.6 Å². The van der Waals surface area contributed by atoms with Gasteiger partial charge in [-0.15, -0.1) is 0 Å². The zero-order valence-electron chi connectivity index (χ0n) is 13.3. The van der Waals surface area contributed by atoms with Crippen molar-refractivity contribution < 1.29 is 14.3 Å². The average molecular weight is 294 g/mol. The Labute approximate surface area is 126 Å². The summed E-state index contributed by atoms with van der Waals surface area (Å²) in [6.45, 7) is 8.47. The van der Waals surface area contributed by atoms with Crippen molar-refractivity contribution in [3.8, 4) is 11.5 Å². The van der Waals surface area contributed by atoms with Crippen LogP contribution >= 0.6 is 0 Å². The number of ether oxygens (including phenoxy) is 2. The van der Waals surface area contributed by atoms with Crippen molar-refractivity contribution in [3.63, 3.8) is 0 Å². The predicted octanol–water partition coefficient (Wildman–Crippen LogP) is 2.10. The van der Waals surface area contributed by atoms with E-state index in [1.54, 1.807) is 6.92 Å². The maximum atomic E-state index is 11.7. The SMILES string of the molecule is CCCOc1ccccc1OCC(C)(NC(C)C)C(N)=O. The number of para-hydroxylation sites is 2. The van der Waals surface area contributed by atoms with Crippen LogP contribution in [0, 0.1) is 0 Å². The first-order valence-corrected chi connectivity index (χ1v) is 7.31. The molecule has 0 aromatic heterocycles. The Morgan fingerprint density at radius 2 is 1.86 bits per heavy atom. The number of rotatable bonds is 9. The number of hydrogen-bond donors (Lipinski definition) is 2. The number of primary amides is 1. The van der Waals surface area contributed by atoms with E-state index in [1.807, 2.05) is 45.0 Å². The highest BCUT2D eigenvalue weighted by Crippen LogP contribution is 2.27. The highest BCUT2D eigenvalue weighted by Gasteiger charge is 2.32. The molecule has 1 atom stereocenters. The summed E-state index contributed by atoms with van der Waals surface area (Å²) < 4.78 is 11.4. The Morgan fingerprint density at radius 3 is 2.33 bits per heavy atom. The first-order chi connectivity index (χ1) is 9.89. The zero-order chi connectivity index (χ0) is 15.9. The highest BCUT2D eigenvalue weighted by molar-refractivity contribution is 5.84. The summed E-state index contributed by atoms with van der Waals surface area (Å²) in [6.07, 6.45) is 0.919. The Morgan fingerprint density at radius 1 is 1.29 bits per heavy atom. The van der Waals surface area contributed by atoms with E-state index in [-0.39, 0.29) is 12.6 Å². The number of benzene rings is 1. The van der Waals surface area contributed by atoms with Gasteiger partial charge in [-0.1, -0.05) is 19.1 Å². The minimum atomic E-state index is -0.925.